The maximum absolute atomic E-state index is 12.1. The number of hydrogen-bond acceptors (Lipinski definition) is 2. The molecule has 5 heteroatoms. The Kier molecular flexibility index (Phi) is 5.96. The predicted molar refractivity (Wildman–Crippen MR) is 84.2 cm³/mol. The van der Waals surface area contributed by atoms with Gasteiger partial charge in [0.15, 0.2) is 0 Å². The molecule has 1 aromatic carbocycles. The number of rotatable bonds is 5. The fourth-order valence-electron chi connectivity index (χ4n) is 1.69. The van der Waals surface area contributed by atoms with Crippen LogP contribution in [0.3, 0.4) is 0 Å². The Bertz CT molecular complexity index is 521. The molecular formula is C16H22N2O3. The van der Waals surface area contributed by atoms with Gasteiger partial charge in [0.1, 0.15) is 0 Å². The first-order chi connectivity index (χ1) is 9.81. The normalized spacial score (nSPS) is 12.4. The van der Waals surface area contributed by atoms with Gasteiger partial charge in [-0.05, 0) is 36.6 Å². The summed E-state index contributed by atoms with van der Waals surface area (Å²) in [6.07, 6.45) is 2.58. The molecule has 1 atom stereocenters. The lowest BCUT2D eigenvalue weighted by atomic mass is 10.1. The number of carbonyl (C=O) groups is 2. The SMILES string of the molecule is CC(C)C(C)N(C)C(=O)Nc1ccc(/C=C/C(=O)O)cc1. The number of amides is 2. The Morgan fingerprint density at radius 1 is 1.19 bits per heavy atom. The first kappa shape index (κ1) is 16.8. The number of carbonyl (C=O) groups excluding carboxylic acids is 1. The van der Waals surface area contributed by atoms with Gasteiger partial charge in [0, 0.05) is 24.9 Å². The molecule has 0 aromatic heterocycles. The molecule has 0 saturated carbocycles. The lowest BCUT2D eigenvalue weighted by molar-refractivity contribution is -0.131. The largest absolute Gasteiger partial charge is 0.478 e. The molecule has 114 valence electrons. The highest BCUT2D eigenvalue weighted by molar-refractivity contribution is 5.89. The number of anilines is 1. The Morgan fingerprint density at radius 2 is 1.76 bits per heavy atom. The van der Waals surface area contributed by atoms with Crippen LogP contribution in [0.2, 0.25) is 0 Å². The van der Waals surface area contributed by atoms with Crippen LogP contribution in [0.4, 0.5) is 10.5 Å². The third-order valence-electron chi connectivity index (χ3n) is 3.48. The van der Waals surface area contributed by atoms with E-state index in [1.165, 1.54) is 6.08 Å². The van der Waals surface area contributed by atoms with Gasteiger partial charge < -0.3 is 15.3 Å². The van der Waals surface area contributed by atoms with Crippen molar-refractivity contribution >= 4 is 23.8 Å². The molecule has 1 aromatic rings. The van der Waals surface area contributed by atoms with E-state index in [-0.39, 0.29) is 12.1 Å². The fraction of sp³-hybridized carbons (Fsp3) is 0.375. The zero-order chi connectivity index (χ0) is 16.0. The lowest BCUT2D eigenvalue weighted by Gasteiger charge is -2.28. The van der Waals surface area contributed by atoms with E-state index in [9.17, 15) is 9.59 Å². The number of benzene rings is 1. The lowest BCUT2D eigenvalue weighted by Crippen LogP contribution is -2.40. The van der Waals surface area contributed by atoms with Crippen LogP contribution in [0.1, 0.15) is 26.3 Å². The van der Waals surface area contributed by atoms with Gasteiger partial charge in [0.05, 0.1) is 0 Å². The van der Waals surface area contributed by atoms with Crippen LogP contribution in [-0.4, -0.2) is 35.1 Å². The van der Waals surface area contributed by atoms with Crippen molar-refractivity contribution in [2.24, 2.45) is 5.92 Å². The first-order valence-corrected chi connectivity index (χ1v) is 6.86. The molecule has 5 nitrogen and oxygen atoms in total. The highest BCUT2D eigenvalue weighted by atomic mass is 16.4. The van der Waals surface area contributed by atoms with Crippen molar-refractivity contribution in [3.05, 3.63) is 35.9 Å². The fourth-order valence-corrected chi connectivity index (χ4v) is 1.69. The number of aliphatic carboxylic acids is 1. The van der Waals surface area contributed by atoms with Crippen LogP contribution in [0.5, 0.6) is 0 Å². The Morgan fingerprint density at radius 3 is 2.24 bits per heavy atom. The van der Waals surface area contributed by atoms with Crippen molar-refractivity contribution in [1.82, 2.24) is 4.90 Å². The van der Waals surface area contributed by atoms with E-state index in [0.717, 1.165) is 11.6 Å². The predicted octanol–water partition coefficient (Wildman–Crippen LogP) is 3.29. The highest BCUT2D eigenvalue weighted by Crippen LogP contribution is 2.14. The molecule has 0 saturated heterocycles. The van der Waals surface area contributed by atoms with Crippen molar-refractivity contribution in [2.75, 3.05) is 12.4 Å². The van der Waals surface area contributed by atoms with Gasteiger partial charge in [0.2, 0.25) is 0 Å². The van der Waals surface area contributed by atoms with E-state index in [1.54, 1.807) is 36.2 Å². The standard InChI is InChI=1S/C16H22N2O3/c1-11(2)12(3)18(4)16(21)17-14-8-5-13(6-9-14)7-10-15(19)20/h5-12H,1-4H3,(H,17,21)(H,19,20)/b10-7+. The Labute approximate surface area is 125 Å². The van der Waals surface area contributed by atoms with Crippen LogP contribution in [0, 0.1) is 5.92 Å². The summed E-state index contributed by atoms with van der Waals surface area (Å²) in [4.78, 5) is 24.2. The van der Waals surface area contributed by atoms with Gasteiger partial charge >= 0.3 is 12.0 Å². The molecule has 0 fully saturated rings. The molecule has 0 aliphatic carbocycles. The van der Waals surface area contributed by atoms with Crippen LogP contribution in [0.15, 0.2) is 30.3 Å². The summed E-state index contributed by atoms with van der Waals surface area (Å²) in [6.45, 7) is 6.14. The molecule has 0 aliphatic heterocycles. The van der Waals surface area contributed by atoms with E-state index < -0.39 is 5.97 Å². The van der Waals surface area contributed by atoms with Gasteiger partial charge in [-0.25, -0.2) is 9.59 Å². The van der Waals surface area contributed by atoms with Crippen molar-refractivity contribution in [3.8, 4) is 0 Å². The summed E-state index contributed by atoms with van der Waals surface area (Å²) in [5, 5.41) is 11.4. The smallest absolute Gasteiger partial charge is 0.328 e. The molecule has 2 amide bonds. The number of hydrogen-bond donors (Lipinski definition) is 2. The van der Waals surface area contributed by atoms with Crippen LogP contribution >= 0.6 is 0 Å². The zero-order valence-electron chi connectivity index (χ0n) is 12.8. The molecule has 0 spiro atoms. The molecule has 1 unspecified atom stereocenters. The second-order valence-electron chi connectivity index (χ2n) is 5.32. The molecule has 1 rings (SSSR count). The summed E-state index contributed by atoms with van der Waals surface area (Å²) in [5.41, 5.74) is 1.44. The molecule has 0 aliphatic rings. The van der Waals surface area contributed by atoms with E-state index >= 15 is 0 Å². The molecule has 2 N–H and O–H groups in total. The average Bonchev–Trinajstić information content (AvgIpc) is 2.44. The van der Waals surface area contributed by atoms with Crippen molar-refractivity contribution in [3.63, 3.8) is 0 Å². The van der Waals surface area contributed by atoms with Gasteiger partial charge in [-0.2, -0.15) is 0 Å². The van der Waals surface area contributed by atoms with Crippen LogP contribution in [-0.2, 0) is 4.79 Å². The molecule has 21 heavy (non-hydrogen) atoms. The van der Waals surface area contributed by atoms with Crippen molar-refractivity contribution in [2.45, 2.75) is 26.8 Å². The van der Waals surface area contributed by atoms with Gasteiger partial charge in [0.25, 0.3) is 0 Å². The Balaban J connectivity index is 2.67. The monoisotopic (exact) mass is 290 g/mol. The molecule has 0 heterocycles. The second-order valence-corrected chi connectivity index (χ2v) is 5.32. The minimum atomic E-state index is -0.989. The topological polar surface area (TPSA) is 69.6 Å². The number of carboxylic acids is 1. The summed E-state index contributed by atoms with van der Waals surface area (Å²) in [7, 11) is 1.77. The number of urea groups is 1. The first-order valence-electron chi connectivity index (χ1n) is 6.86. The van der Waals surface area contributed by atoms with E-state index in [4.69, 9.17) is 5.11 Å². The average molecular weight is 290 g/mol. The summed E-state index contributed by atoms with van der Waals surface area (Å²) < 4.78 is 0. The van der Waals surface area contributed by atoms with E-state index in [2.05, 4.69) is 19.2 Å². The van der Waals surface area contributed by atoms with Crippen LogP contribution < -0.4 is 5.32 Å². The minimum Gasteiger partial charge on any atom is -0.478 e. The maximum atomic E-state index is 12.1. The number of carboxylic acid groups (broad SMARTS) is 1. The zero-order valence-corrected chi connectivity index (χ0v) is 12.8. The molecule has 0 bridgehead atoms. The van der Waals surface area contributed by atoms with E-state index in [0.29, 0.717) is 11.6 Å². The van der Waals surface area contributed by atoms with Crippen molar-refractivity contribution < 1.29 is 14.7 Å². The highest BCUT2D eigenvalue weighted by Gasteiger charge is 2.18. The third-order valence-corrected chi connectivity index (χ3v) is 3.48. The third kappa shape index (κ3) is 5.30. The summed E-state index contributed by atoms with van der Waals surface area (Å²) >= 11 is 0. The van der Waals surface area contributed by atoms with Crippen LogP contribution in [0.25, 0.3) is 6.08 Å². The summed E-state index contributed by atoms with van der Waals surface area (Å²) in [6, 6.07) is 6.97. The Hall–Kier alpha value is -2.30. The van der Waals surface area contributed by atoms with Gasteiger partial charge in [-0.3, -0.25) is 0 Å². The molecule has 0 radical (unpaired) electrons. The quantitative estimate of drug-likeness (QED) is 0.817. The van der Waals surface area contributed by atoms with Gasteiger partial charge in [-0.15, -0.1) is 0 Å². The van der Waals surface area contributed by atoms with Crippen molar-refractivity contribution in [1.29, 1.82) is 0 Å². The number of nitrogens with one attached hydrogen (secondary N) is 1. The minimum absolute atomic E-state index is 0.141. The number of nitrogens with zero attached hydrogens (tertiary/aromatic N) is 1. The van der Waals surface area contributed by atoms with E-state index in [1.807, 2.05) is 6.92 Å². The maximum Gasteiger partial charge on any atom is 0.328 e. The van der Waals surface area contributed by atoms with Gasteiger partial charge in [-0.1, -0.05) is 26.0 Å². The summed E-state index contributed by atoms with van der Waals surface area (Å²) in [5.74, 6) is -0.610. The molecular weight excluding hydrogens is 268 g/mol. The second kappa shape index (κ2) is 7.47.